The summed E-state index contributed by atoms with van der Waals surface area (Å²) in [7, 11) is 0. The quantitative estimate of drug-likeness (QED) is 0.804. The number of hydrogen-bond donors (Lipinski definition) is 2. The average Bonchev–Trinajstić information content (AvgIpc) is 2.94. The minimum Gasteiger partial charge on any atom is -0.478 e. The van der Waals surface area contributed by atoms with Crippen LogP contribution in [0.2, 0.25) is 0 Å². The summed E-state index contributed by atoms with van der Waals surface area (Å²) in [5, 5.41) is 13.7. The lowest BCUT2D eigenvalue weighted by atomic mass is 10.2. The van der Waals surface area contributed by atoms with Crippen molar-refractivity contribution in [2.45, 2.75) is 19.3 Å². The van der Waals surface area contributed by atoms with Crippen LogP contribution >= 0.6 is 27.3 Å². The van der Waals surface area contributed by atoms with Crippen molar-refractivity contribution in [2.24, 2.45) is 0 Å². The molecule has 2 N–H and O–H groups in total. The maximum Gasteiger partial charge on any atom is 0.335 e. The van der Waals surface area contributed by atoms with Gasteiger partial charge in [-0.1, -0.05) is 6.07 Å². The molecule has 0 aliphatic rings. The first-order chi connectivity index (χ1) is 10.1. The second-order valence-corrected chi connectivity index (χ2v) is 6.37. The van der Waals surface area contributed by atoms with Crippen LogP contribution in [-0.4, -0.2) is 17.0 Å². The van der Waals surface area contributed by atoms with Crippen molar-refractivity contribution in [1.82, 2.24) is 0 Å². The average molecular weight is 368 g/mol. The Labute approximate surface area is 134 Å². The van der Waals surface area contributed by atoms with Crippen molar-refractivity contribution < 1.29 is 14.7 Å². The molecule has 0 bridgehead atoms. The number of carboxylic acids is 1. The van der Waals surface area contributed by atoms with Gasteiger partial charge >= 0.3 is 5.97 Å². The van der Waals surface area contributed by atoms with Crippen LogP contribution in [0, 0.1) is 0 Å². The summed E-state index contributed by atoms with van der Waals surface area (Å²) < 4.78 is 0.666. The SMILES string of the molecule is O=C(CCCc1cccs1)Nc1cc(C(=O)O)ccc1Br. The van der Waals surface area contributed by atoms with Gasteiger partial charge in [0.15, 0.2) is 0 Å². The molecule has 0 aliphatic carbocycles. The number of carbonyl (C=O) groups excluding carboxylic acids is 1. The molecule has 0 saturated carbocycles. The van der Waals surface area contributed by atoms with Gasteiger partial charge in [0.25, 0.3) is 0 Å². The molecule has 1 aromatic heterocycles. The van der Waals surface area contributed by atoms with Crippen LogP contribution in [0.15, 0.2) is 40.2 Å². The minimum absolute atomic E-state index is 0.116. The lowest BCUT2D eigenvalue weighted by Crippen LogP contribution is -2.12. The van der Waals surface area contributed by atoms with Gasteiger partial charge in [-0.25, -0.2) is 4.79 Å². The molecule has 0 aliphatic heterocycles. The third kappa shape index (κ3) is 4.68. The third-order valence-electron chi connectivity index (χ3n) is 2.89. The summed E-state index contributed by atoms with van der Waals surface area (Å²) in [5.74, 6) is -1.13. The number of anilines is 1. The largest absolute Gasteiger partial charge is 0.478 e. The Morgan fingerprint density at radius 1 is 1.29 bits per heavy atom. The van der Waals surface area contributed by atoms with Crippen LogP contribution in [0.25, 0.3) is 0 Å². The molecule has 0 radical (unpaired) electrons. The lowest BCUT2D eigenvalue weighted by molar-refractivity contribution is -0.116. The van der Waals surface area contributed by atoms with E-state index in [1.165, 1.54) is 17.0 Å². The normalized spacial score (nSPS) is 10.3. The second-order valence-electron chi connectivity index (χ2n) is 4.48. The number of carboxylic acid groups (broad SMARTS) is 1. The van der Waals surface area contributed by atoms with E-state index in [-0.39, 0.29) is 11.5 Å². The number of halogens is 1. The molecule has 1 heterocycles. The zero-order valence-electron chi connectivity index (χ0n) is 11.1. The predicted octanol–water partition coefficient (Wildman–Crippen LogP) is 4.17. The van der Waals surface area contributed by atoms with Gasteiger partial charge in [0, 0.05) is 15.8 Å². The number of rotatable bonds is 6. The number of carbonyl (C=O) groups is 2. The highest BCUT2D eigenvalue weighted by molar-refractivity contribution is 9.10. The molecule has 1 aromatic carbocycles. The maximum atomic E-state index is 11.9. The zero-order chi connectivity index (χ0) is 15.2. The number of nitrogens with one attached hydrogen (secondary N) is 1. The monoisotopic (exact) mass is 367 g/mol. The highest BCUT2D eigenvalue weighted by atomic mass is 79.9. The van der Waals surface area contributed by atoms with Crippen LogP contribution in [0.4, 0.5) is 5.69 Å². The van der Waals surface area contributed by atoms with Crippen LogP contribution in [0.1, 0.15) is 28.1 Å². The summed E-state index contributed by atoms with van der Waals surface area (Å²) in [6.45, 7) is 0. The van der Waals surface area contributed by atoms with Crippen molar-refractivity contribution in [3.63, 3.8) is 0 Å². The first kappa shape index (κ1) is 15.7. The van der Waals surface area contributed by atoms with Crippen molar-refractivity contribution in [3.8, 4) is 0 Å². The molecule has 0 saturated heterocycles. The fourth-order valence-electron chi connectivity index (χ4n) is 1.84. The van der Waals surface area contributed by atoms with E-state index in [2.05, 4.69) is 27.3 Å². The fraction of sp³-hybridized carbons (Fsp3) is 0.200. The topological polar surface area (TPSA) is 66.4 Å². The van der Waals surface area contributed by atoms with E-state index in [1.54, 1.807) is 17.4 Å². The lowest BCUT2D eigenvalue weighted by Gasteiger charge is -2.08. The molecule has 21 heavy (non-hydrogen) atoms. The van der Waals surface area contributed by atoms with Crippen LogP contribution in [-0.2, 0) is 11.2 Å². The number of benzene rings is 1. The summed E-state index contributed by atoms with van der Waals surface area (Å²) in [5.41, 5.74) is 0.628. The molecular weight excluding hydrogens is 354 g/mol. The summed E-state index contributed by atoms with van der Waals surface area (Å²) >= 11 is 4.98. The van der Waals surface area contributed by atoms with Crippen LogP contribution in [0.3, 0.4) is 0 Å². The Kier molecular flexibility index (Phi) is 5.52. The number of aryl methyl sites for hydroxylation is 1. The Morgan fingerprint density at radius 3 is 2.76 bits per heavy atom. The Bertz CT molecular complexity index is 640. The molecule has 0 atom stereocenters. The van der Waals surface area contributed by atoms with Gasteiger partial charge in [-0.15, -0.1) is 11.3 Å². The molecule has 2 aromatic rings. The fourth-order valence-corrected chi connectivity index (χ4v) is 2.94. The molecule has 0 fully saturated rings. The maximum absolute atomic E-state index is 11.9. The smallest absolute Gasteiger partial charge is 0.335 e. The third-order valence-corrected chi connectivity index (χ3v) is 4.52. The molecule has 4 nitrogen and oxygen atoms in total. The molecular formula is C15H14BrNO3S. The Hall–Kier alpha value is -1.66. The summed E-state index contributed by atoms with van der Waals surface area (Å²) in [6, 6.07) is 8.59. The number of thiophene rings is 1. The van der Waals surface area contributed by atoms with Crippen molar-refractivity contribution >= 4 is 44.8 Å². The van der Waals surface area contributed by atoms with Gasteiger partial charge in [-0.3, -0.25) is 4.79 Å². The number of amides is 1. The van der Waals surface area contributed by atoms with Gasteiger partial charge in [-0.05, 0) is 58.4 Å². The minimum atomic E-state index is -1.02. The van der Waals surface area contributed by atoms with Gasteiger partial charge in [0.05, 0.1) is 11.3 Å². The van der Waals surface area contributed by atoms with E-state index >= 15 is 0 Å². The van der Waals surface area contributed by atoms with E-state index in [9.17, 15) is 9.59 Å². The van der Waals surface area contributed by atoms with Crippen LogP contribution < -0.4 is 5.32 Å². The summed E-state index contributed by atoms with van der Waals surface area (Å²) in [6.07, 6.45) is 2.05. The van der Waals surface area contributed by atoms with Gasteiger partial charge in [0.1, 0.15) is 0 Å². The molecule has 1 amide bonds. The second kappa shape index (κ2) is 7.38. The first-order valence-corrected chi connectivity index (χ1v) is 8.08. The molecule has 110 valence electrons. The van der Waals surface area contributed by atoms with E-state index in [1.807, 2.05) is 11.4 Å². The standard InChI is InChI=1S/C15H14BrNO3S/c16-12-7-6-10(15(19)20)9-13(12)17-14(18)5-1-3-11-4-2-8-21-11/h2,4,6-9H,1,3,5H2,(H,17,18)(H,19,20). The van der Waals surface area contributed by atoms with Crippen molar-refractivity contribution in [1.29, 1.82) is 0 Å². The van der Waals surface area contributed by atoms with E-state index in [0.29, 0.717) is 16.6 Å². The van der Waals surface area contributed by atoms with E-state index < -0.39 is 5.97 Å². The Balaban J connectivity index is 1.90. The van der Waals surface area contributed by atoms with Gasteiger partial charge in [0.2, 0.25) is 5.91 Å². The van der Waals surface area contributed by atoms with E-state index in [4.69, 9.17) is 5.11 Å². The number of hydrogen-bond acceptors (Lipinski definition) is 3. The van der Waals surface area contributed by atoms with Gasteiger partial charge < -0.3 is 10.4 Å². The molecule has 0 unspecified atom stereocenters. The van der Waals surface area contributed by atoms with Gasteiger partial charge in [-0.2, -0.15) is 0 Å². The number of aromatic carboxylic acids is 1. The van der Waals surface area contributed by atoms with E-state index in [0.717, 1.165) is 12.8 Å². The molecule has 0 spiro atoms. The molecule has 6 heteroatoms. The highest BCUT2D eigenvalue weighted by Gasteiger charge is 2.10. The summed E-state index contributed by atoms with van der Waals surface area (Å²) in [4.78, 5) is 24.1. The predicted molar refractivity (Wildman–Crippen MR) is 87.0 cm³/mol. The van der Waals surface area contributed by atoms with Crippen LogP contribution in [0.5, 0.6) is 0 Å². The Morgan fingerprint density at radius 2 is 2.10 bits per heavy atom. The zero-order valence-corrected chi connectivity index (χ0v) is 13.5. The highest BCUT2D eigenvalue weighted by Crippen LogP contribution is 2.24. The first-order valence-electron chi connectivity index (χ1n) is 6.41. The van der Waals surface area contributed by atoms with Crippen molar-refractivity contribution in [3.05, 3.63) is 50.6 Å². The van der Waals surface area contributed by atoms with Crippen molar-refractivity contribution in [2.75, 3.05) is 5.32 Å². The molecule has 2 rings (SSSR count).